The number of rotatable bonds is 8. The molecule has 0 aliphatic carbocycles. The first-order chi connectivity index (χ1) is 13.6. The van der Waals surface area contributed by atoms with Gasteiger partial charge in [-0.3, -0.25) is 9.59 Å². The van der Waals surface area contributed by atoms with Gasteiger partial charge in [0.25, 0.3) is 5.91 Å². The van der Waals surface area contributed by atoms with Crippen LogP contribution in [0.4, 0.5) is 5.13 Å². The van der Waals surface area contributed by atoms with Gasteiger partial charge in [0, 0.05) is 18.8 Å². The molecule has 1 unspecified atom stereocenters. The fourth-order valence-electron chi connectivity index (χ4n) is 2.17. The zero-order chi connectivity index (χ0) is 21.6. The number of aromatic nitrogens is 1. The van der Waals surface area contributed by atoms with Crippen LogP contribution >= 0.6 is 11.3 Å². The summed E-state index contributed by atoms with van der Waals surface area (Å²) >= 11 is 1.07. The van der Waals surface area contributed by atoms with E-state index >= 15 is 0 Å². The molecule has 4 N–H and O–H groups in total. The number of primary sulfonamides is 1. The monoisotopic (exact) mass is 440 g/mol. The van der Waals surface area contributed by atoms with E-state index < -0.39 is 28.0 Å². The highest BCUT2D eigenvalue weighted by atomic mass is 32.2. The summed E-state index contributed by atoms with van der Waals surface area (Å²) in [7, 11) is -3.75. The second kappa shape index (κ2) is 9.58. The molecule has 2 aromatic rings. The first kappa shape index (κ1) is 22.5. The second-order valence-corrected chi connectivity index (χ2v) is 8.42. The molecular formula is C17H20N4O6S2. The number of nitrogens with two attached hydrogens (primary N) is 1. The van der Waals surface area contributed by atoms with Gasteiger partial charge in [-0.05, 0) is 31.0 Å². The van der Waals surface area contributed by atoms with Crippen LogP contribution in [0.25, 0.3) is 0 Å². The molecule has 29 heavy (non-hydrogen) atoms. The maximum absolute atomic E-state index is 12.1. The smallest absolute Gasteiger partial charge is 0.358 e. The lowest BCUT2D eigenvalue weighted by molar-refractivity contribution is -0.129. The van der Waals surface area contributed by atoms with Crippen LogP contribution in [0.2, 0.25) is 0 Å². The molecule has 0 fully saturated rings. The van der Waals surface area contributed by atoms with Crippen LogP contribution in [0.3, 0.4) is 0 Å². The summed E-state index contributed by atoms with van der Waals surface area (Å²) in [5, 5.41) is 11.8. The Kier molecular flexibility index (Phi) is 7.42. The van der Waals surface area contributed by atoms with Crippen molar-refractivity contribution in [2.45, 2.75) is 31.3 Å². The van der Waals surface area contributed by atoms with Crippen molar-refractivity contribution < 1.29 is 27.5 Å². The van der Waals surface area contributed by atoms with E-state index in [0.29, 0.717) is 6.42 Å². The molecule has 1 aromatic carbocycles. The van der Waals surface area contributed by atoms with Gasteiger partial charge in [0.15, 0.2) is 16.9 Å². The quantitative estimate of drug-likeness (QED) is 0.509. The predicted molar refractivity (Wildman–Crippen MR) is 106 cm³/mol. The Hall–Kier alpha value is -2.83. The first-order valence-corrected chi connectivity index (χ1v) is 10.8. The third-order valence-corrected chi connectivity index (χ3v) is 5.30. The molecule has 0 aliphatic rings. The normalized spacial score (nSPS) is 12.1. The number of nitrogens with zero attached hydrogens (tertiary/aromatic N) is 1. The summed E-state index contributed by atoms with van der Waals surface area (Å²) in [5.74, 6) is -1.58. The van der Waals surface area contributed by atoms with Crippen molar-refractivity contribution in [2.75, 3.05) is 11.9 Å². The number of amides is 2. The third-order valence-electron chi connectivity index (χ3n) is 3.61. The van der Waals surface area contributed by atoms with E-state index in [1.165, 1.54) is 31.4 Å². The average Bonchev–Trinajstić information content (AvgIpc) is 3.09. The van der Waals surface area contributed by atoms with Gasteiger partial charge in [0.05, 0.1) is 4.90 Å². The molecule has 0 bridgehead atoms. The standard InChI is InChI=1S/C17H20N4O6S2/c1-10(27-16(24)14-9-28-17(21-14)20-11(2)22)15(23)19-8-7-12-3-5-13(6-4-12)29(18,25)26/h3-6,9-10H,7-8H2,1-2H3,(H,19,23)(H2,18,25,26)(H,20,21,22). The van der Waals surface area contributed by atoms with Crippen LogP contribution in [-0.4, -0.2) is 43.8 Å². The number of thiazole rings is 1. The van der Waals surface area contributed by atoms with E-state index in [-0.39, 0.29) is 28.2 Å². The number of sulfonamides is 1. The highest BCUT2D eigenvalue weighted by molar-refractivity contribution is 7.89. The zero-order valence-corrected chi connectivity index (χ0v) is 17.3. The topological polar surface area (TPSA) is 158 Å². The molecule has 1 heterocycles. The van der Waals surface area contributed by atoms with Gasteiger partial charge in [-0.25, -0.2) is 23.3 Å². The average molecular weight is 441 g/mol. The Labute approximate surface area is 171 Å². The van der Waals surface area contributed by atoms with Gasteiger partial charge in [-0.1, -0.05) is 12.1 Å². The number of carbonyl (C=O) groups excluding carboxylic acids is 3. The Balaban J connectivity index is 1.80. The molecule has 0 saturated carbocycles. The molecule has 0 radical (unpaired) electrons. The van der Waals surface area contributed by atoms with E-state index in [0.717, 1.165) is 16.9 Å². The molecule has 1 aromatic heterocycles. The van der Waals surface area contributed by atoms with Crippen molar-refractivity contribution in [3.05, 3.63) is 40.9 Å². The SMILES string of the molecule is CC(=O)Nc1nc(C(=O)OC(C)C(=O)NCCc2ccc(S(N)(=O)=O)cc2)cs1. The molecule has 0 aliphatic heterocycles. The van der Waals surface area contributed by atoms with Crippen LogP contribution in [0.15, 0.2) is 34.5 Å². The summed E-state index contributed by atoms with van der Waals surface area (Å²) in [6.45, 7) is 3.01. The van der Waals surface area contributed by atoms with E-state index in [9.17, 15) is 22.8 Å². The van der Waals surface area contributed by atoms with E-state index in [1.807, 2.05) is 0 Å². The van der Waals surface area contributed by atoms with Crippen molar-refractivity contribution in [2.24, 2.45) is 5.14 Å². The van der Waals surface area contributed by atoms with Gasteiger partial charge >= 0.3 is 5.97 Å². The number of carbonyl (C=O) groups is 3. The van der Waals surface area contributed by atoms with Crippen molar-refractivity contribution >= 4 is 44.3 Å². The summed E-state index contributed by atoms with van der Waals surface area (Å²) in [6, 6.07) is 5.98. The Morgan fingerprint density at radius 2 is 1.90 bits per heavy atom. The lowest BCUT2D eigenvalue weighted by atomic mass is 10.1. The van der Waals surface area contributed by atoms with Gasteiger partial charge < -0.3 is 15.4 Å². The lowest BCUT2D eigenvalue weighted by Crippen LogP contribution is -2.37. The van der Waals surface area contributed by atoms with E-state index in [2.05, 4.69) is 15.6 Å². The lowest BCUT2D eigenvalue weighted by Gasteiger charge is -2.13. The number of anilines is 1. The third kappa shape index (κ3) is 6.93. The largest absolute Gasteiger partial charge is 0.448 e. The Bertz CT molecular complexity index is 1000. The zero-order valence-electron chi connectivity index (χ0n) is 15.7. The molecule has 0 saturated heterocycles. The number of hydrogen-bond donors (Lipinski definition) is 3. The van der Waals surface area contributed by atoms with Gasteiger partial charge in [0.1, 0.15) is 0 Å². The van der Waals surface area contributed by atoms with Crippen LogP contribution in [0.5, 0.6) is 0 Å². The first-order valence-electron chi connectivity index (χ1n) is 8.40. The van der Waals surface area contributed by atoms with Gasteiger partial charge in [-0.15, -0.1) is 11.3 Å². The molecule has 156 valence electrons. The minimum absolute atomic E-state index is 0.00616. The predicted octanol–water partition coefficient (Wildman–Crippen LogP) is 0.653. The fourth-order valence-corrected chi connectivity index (χ4v) is 3.41. The Morgan fingerprint density at radius 3 is 2.48 bits per heavy atom. The maximum atomic E-state index is 12.1. The number of hydrogen-bond acceptors (Lipinski definition) is 8. The molecule has 2 amide bonds. The molecule has 12 heteroatoms. The number of benzene rings is 1. The van der Waals surface area contributed by atoms with Crippen LogP contribution in [0, 0.1) is 0 Å². The van der Waals surface area contributed by atoms with Crippen LogP contribution in [-0.2, 0) is 30.8 Å². The molecule has 2 rings (SSSR count). The minimum atomic E-state index is -3.75. The maximum Gasteiger partial charge on any atom is 0.358 e. The fraction of sp³-hybridized carbons (Fsp3) is 0.294. The van der Waals surface area contributed by atoms with Crippen molar-refractivity contribution in [1.82, 2.24) is 10.3 Å². The highest BCUT2D eigenvalue weighted by Gasteiger charge is 2.20. The van der Waals surface area contributed by atoms with E-state index in [4.69, 9.17) is 9.88 Å². The number of nitrogens with one attached hydrogen (secondary N) is 2. The Morgan fingerprint density at radius 1 is 1.24 bits per heavy atom. The molecule has 1 atom stereocenters. The minimum Gasteiger partial charge on any atom is -0.448 e. The van der Waals surface area contributed by atoms with Crippen LogP contribution < -0.4 is 15.8 Å². The summed E-state index contributed by atoms with van der Waals surface area (Å²) in [4.78, 5) is 39.0. The van der Waals surface area contributed by atoms with Gasteiger partial charge in [-0.2, -0.15) is 0 Å². The van der Waals surface area contributed by atoms with Crippen molar-refractivity contribution in [3.63, 3.8) is 0 Å². The van der Waals surface area contributed by atoms with Crippen LogP contribution in [0.1, 0.15) is 29.9 Å². The summed E-state index contributed by atoms with van der Waals surface area (Å²) in [6.07, 6.45) is -0.595. The van der Waals surface area contributed by atoms with Crippen molar-refractivity contribution in [1.29, 1.82) is 0 Å². The number of ether oxygens (including phenoxy) is 1. The summed E-state index contributed by atoms with van der Waals surface area (Å²) in [5.41, 5.74) is 0.795. The number of esters is 1. The highest BCUT2D eigenvalue weighted by Crippen LogP contribution is 2.16. The van der Waals surface area contributed by atoms with Crippen molar-refractivity contribution in [3.8, 4) is 0 Å². The molecule has 10 nitrogen and oxygen atoms in total. The molecule has 0 spiro atoms. The second-order valence-electron chi connectivity index (χ2n) is 6.00. The molecular weight excluding hydrogens is 420 g/mol. The van der Waals surface area contributed by atoms with E-state index in [1.54, 1.807) is 12.1 Å². The summed E-state index contributed by atoms with van der Waals surface area (Å²) < 4.78 is 27.5. The van der Waals surface area contributed by atoms with Gasteiger partial charge in [0.2, 0.25) is 15.9 Å².